The molecule has 0 unspecified atom stereocenters. The maximum atomic E-state index is 4.93. The molecule has 0 spiro atoms. The van der Waals surface area contributed by atoms with Gasteiger partial charge in [-0.1, -0.05) is 37.6 Å². The number of allylic oxidation sites excluding steroid dienone is 1. The normalized spacial score (nSPS) is 12.8. The average Bonchev–Trinajstić information content (AvgIpc) is 2.60. The Kier molecular flexibility index (Phi) is 6.48. The van der Waals surface area contributed by atoms with Crippen LogP contribution in [0.3, 0.4) is 0 Å². The second-order valence-corrected chi connectivity index (χ2v) is 8.33. The molecule has 0 aromatic heterocycles. The molecule has 0 atom stereocenters. The van der Waals surface area contributed by atoms with Gasteiger partial charge in [0.2, 0.25) is 0 Å². The van der Waals surface area contributed by atoms with Gasteiger partial charge in [-0.05, 0) is 42.0 Å². The van der Waals surface area contributed by atoms with Gasteiger partial charge >= 0.3 is 37.9 Å². The third-order valence-corrected chi connectivity index (χ3v) is 2.86. The van der Waals surface area contributed by atoms with Crippen LogP contribution in [0.4, 0.5) is 0 Å². The molecule has 0 saturated carbocycles. The number of halogens is 2. The summed E-state index contributed by atoms with van der Waals surface area (Å²) in [5.41, 5.74) is 7.02. The van der Waals surface area contributed by atoms with E-state index in [1.807, 2.05) is 0 Å². The molecule has 0 saturated heterocycles. The molecular weight excluding hydrogens is 330 g/mol. The molecule has 1 aromatic rings. The van der Waals surface area contributed by atoms with Crippen LogP contribution in [0.15, 0.2) is 17.7 Å². The van der Waals surface area contributed by atoms with E-state index in [0.29, 0.717) is 5.92 Å². The van der Waals surface area contributed by atoms with Crippen molar-refractivity contribution < 1.29 is 20.8 Å². The molecule has 1 radical (unpaired) electrons. The molecule has 0 amide bonds. The zero-order valence-corrected chi connectivity index (χ0v) is 14.6. The Bertz CT molecular complexity index is 422. The summed E-state index contributed by atoms with van der Waals surface area (Å²) in [5.74, 6) is 0.619. The van der Waals surface area contributed by atoms with Crippen LogP contribution in [0.5, 0.6) is 0 Å². The first-order valence-corrected chi connectivity index (χ1v) is 12.0. The van der Waals surface area contributed by atoms with Crippen molar-refractivity contribution in [2.75, 3.05) is 0 Å². The van der Waals surface area contributed by atoms with Crippen molar-refractivity contribution in [2.24, 2.45) is 0 Å². The molecule has 1 aliphatic carbocycles. The molecule has 1 aliphatic rings. The molecule has 0 aliphatic heterocycles. The zero-order valence-electron chi connectivity index (χ0n) is 10.6. The topological polar surface area (TPSA) is 0 Å². The standard InChI is InChI=1S/C14H17.2ClH.Zr/c1-9(2)12-7-11(4)14-6-10(3)5-13(14)8-12;;;/h5-9H,1-4H3;2*1H;/q;;;+2/p-2. The van der Waals surface area contributed by atoms with Crippen molar-refractivity contribution in [3.8, 4) is 0 Å². The summed E-state index contributed by atoms with van der Waals surface area (Å²) >= 11 is -0.826. The van der Waals surface area contributed by atoms with Gasteiger partial charge < -0.3 is 0 Å². The Morgan fingerprint density at radius 1 is 1.12 bits per heavy atom. The SMILES string of the molecule is CC1=Cc2c(C)cc(C(C)C)cc2[CH]1.[Cl][Zr][Cl]. The van der Waals surface area contributed by atoms with Crippen LogP contribution < -0.4 is 0 Å². The van der Waals surface area contributed by atoms with Gasteiger partial charge in [-0.15, -0.1) is 0 Å². The van der Waals surface area contributed by atoms with E-state index in [-0.39, 0.29) is 0 Å². The number of rotatable bonds is 1. The second-order valence-electron chi connectivity index (χ2n) is 4.60. The van der Waals surface area contributed by atoms with Crippen LogP contribution in [0.2, 0.25) is 0 Å². The zero-order chi connectivity index (χ0) is 13.0. The van der Waals surface area contributed by atoms with E-state index in [2.05, 4.69) is 52.3 Å². The predicted octanol–water partition coefficient (Wildman–Crippen LogP) is 5.46. The van der Waals surface area contributed by atoms with Crippen LogP contribution in [0, 0.1) is 13.3 Å². The Morgan fingerprint density at radius 3 is 2.24 bits per heavy atom. The number of hydrogen-bond acceptors (Lipinski definition) is 0. The molecule has 1 aromatic carbocycles. The van der Waals surface area contributed by atoms with E-state index >= 15 is 0 Å². The molecule has 0 fully saturated rings. The summed E-state index contributed by atoms with van der Waals surface area (Å²) in [7, 11) is 9.87. The van der Waals surface area contributed by atoms with E-state index < -0.39 is 20.8 Å². The molecule has 91 valence electrons. The van der Waals surface area contributed by atoms with Gasteiger partial charge in [-0.3, -0.25) is 0 Å². The molecule has 0 heterocycles. The molecule has 0 nitrogen and oxygen atoms in total. The summed E-state index contributed by atoms with van der Waals surface area (Å²) < 4.78 is 0. The summed E-state index contributed by atoms with van der Waals surface area (Å²) in [4.78, 5) is 0. The van der Waals surface area contributed by atoms with Gasteiger partial charge in [0.15, 0.2) is 0 Å². The third kappa shape index (κ3) is 4.23. The predicted molar refractivity (Wildman–Crippen MR) is 74.0 cm³/mol. The Morgan fingerprint density at radius 2 is 1.71 bits per heavy atom. The first-order valence-electron chi connectivity index (χ1n) is 5.63. The minimum atomic E-state index is -0.826. The van der Waals surface area contributed by atoms with Crippen LogP contribution in [-0.2, 0) is 20.8 Å². The number of benzene rings is 1. The number of fused-ring (bicyclic) bond motifs is 1. The Labute approximate surface area is 123 Å². The molecule has 3 heteroatoms. The fourth-order valence-electron chi connectivity index (χ4n) is 2.02. The second kappa shape index (κ2) is 7.12. The molecule has 17 heavy (non-hydrogen) atoms. The summed E-state index contributed by atoms with van der Waals surface area (Å²) in [6, 6.07) is 4.63. The summed E-state index contributed by atoms with van der Waals surface area (Å²) in [5, 5.41) is 0. The third-order valence-electron chi connectivity index (χ3n) is 2.86. The van der Waals surface area contributed by atoms with Crippen molar-refractivity contribution in [3.63, 3.8) is 0 Å². The Balaban J connectivity index is 0.000000437. The van der Waals surface area contributed by atoms with Gasteiger partial charge in [-0.2, -0.15) is 0 Å². The van der Waals surface area contributed by atoms with E-state index in [1.54, 1.807) is 0 Å². The van der Waals surface area contributed by atoms with Gasteiger partial charge in [-0.25, -0.2) is 0 Å². The van der Waals surface area contributed by atoms with Gasteiger partial charge in [0.1, 0.15) is 0 Å². The fourth-order valence-corrected chi connectivity index (χ4v) is 2.02. The van der Waals surface area contributed by atoms with Crippen LogP contribution in [0.1, 0.15) is 48.9 Å². The number of hydrogen-bond donors (Lipinski definition) is 0. The van der Waals surface area contributed by atoms with Crippen LogP contribution in [-0.4, -0.2) is 0 Å². The van der Waals surface area contributed by atoms with Gasteiger partial charge in [0.25, 0.3) is 0 Å². The summed E-state index contributed by atoms with van der Waals surface area (Å²) in [6.07, 6.45) is 4.54. The number of aryl methyl sites for hydroxylation is 1. The minimum absolute atomic E-state index is 0.619. The van der Waals surface area contributed by atoms with E-state index in [0.717, 1.165) is 0 Å². The van der Waals surface area contributed by atoms with E-state index in [1.165, 1.54) is 27.8 Å². The first-order chi connectivity index (χ1) is 7.99. The maximum absolute atomic E-state index is 4.93. The van der Waals surface area contributed by atoms with Gasteiger partial charge in [0, 0.05) is 6.42 Å². The Hall–Kier alpha value is 0.423. The van der Waals surface area contributed by atoms with Crippen molar-refractivity contribution in [1.29, 1.82) is 0 Å². The average molecular weight is 347 g/mol. The van der Waals surface area contributed by atoms with Crippen molar-refractivity contribution in [3.05, 3.63) is 46.4 Å². The van der Waals surface area contributed by atoms with Gasteiger partial charge in [0.05, 0.1) is 0 Å². The molecule has 2 rings (SSSR count). The summed E-state index contributed by atoms with van der Waals surface area (Å²) in [6.45, 7) is 8.86. The fraction of sp³-hybridized carbons (Fsp3) is 0.357. The van der Waals surface area contributed by atoms with E-state index in [4.69, 9.17) is 17.0 Å². The monoisotopic (exact) mass is 345 g/mol. The first kappa shape index (κ1) is 15.5. The van der Waals surface area contributed by atoms with E-state index in [9.17, 15) is 0 Å². The van der Waals surface area contributed by atoms with Crippen LogP contribution in [0.25, 0.3) is 6.08 Å². The molecule has 0 N–H and O–H groups in total. The van der Waals surface area contributed by atoms with Crippen LogP contribution >= 0.6 is 17.0 Å². The van der Waals surface area contributed by atoms with Crippen molar-refractivity contribution in [1.82, 2.24) is 0 Å². The van der Waals surface area contributed by atoms with Crippen molar-refractivity contribution >= 4 is 23.1 Å². The quantitative estimate of drug-likeness (QED) is 0.632. The molecular formula is C14H17Cl2Zr. The van der Waals surface area contributed by atoms with Crippen molar-refractivity contribution in [2.45, 2.75) is 33.6 Å². The molecule has 0 bridgehead atoms.